The predicted molar refractivity (Wildman–Crippen MR) is 113 cm³/mol. The zero-order valence-electron chi connectivity index (χ0n) is 16.4. The topological polar surface area (TPSA) is 75.7 Å². The van der Waals surface area contributed by atoms with Gasteiger partial charge >= 0.3 is 0 Å². The third kappa shape index (κ3) is 5.87. The Morgan fingerprint density at radius 3 is 2.39 bits per heavy atom. The molecule has 0 radical (unpaired) electrons. The number of ether oxygens (including phenoxy) is 1. The summed E-state index contributed by atoms with van der Waals surface area (Å²) in [7, 11) is -3.66. The summed E-state index contributed by atoms with van der Waals surface area (Å²) in [6.45, 7) is 6.04. The fraction of sp³-hybridized carbons (Fsp3) is 0.350. The van der Waals surface area contributed by atoms with Gasteiger partial charge in [-0.3, -0.25) is 9.10 Å². The summed E-state index contributed by atoms with van der Waals surface area (Å²) < 4.78 is 31.2. The second kappa shape index (κ2) is 9.30. The van der Waals surface area contributed by atoms with Crippen molar-refractivity contribution in [3.63, 3.8) is 0 Å². The van der Waals surface area contributed by atoms with E-state index in [1.807, 2.05) is 32.0 Å². The molecule has 0 aliphatic carbocycles. The first kappa shape index (κ1) is 22.0. The van der Waals surface area contributed by atoms with Crippen LogP contribution in [0.4, 0.5) is 5.69 Å². The second-order valence-corrected chi connectivity index (χ2v) is 8.92. The Kier molecular flexibility index (Phi) is 7.32. The van der Waals surface area contributed by atoms with Gasteiger partial charge in [-0.25, -0.2) is 8.42 Å². The molecule has 2 aromatic carbocycles. The van der Waals surface area contributed by atoms with Gasteiger partial charge in [0.15, 0.2) is 0 Å². The Balaban J connectivity index is 1.98. The van der Waals surface area contributed by atoms with Gasteiger partial charge in [-0.15, -0.1) is 0 Å². The maximum atomic E-state index is 12.5. The molecule has 0 bridgehead atoms. The van der Waals surface area contributed by atoms with Gasteiger partial charge in [-0.05, 0) is 56.7 Å². The maximum absolute atomic E-state index is 12.5. The summed E-state index contributed by atoms with van der Waals surface area (Å²) in [5.41, 5.74) is 2.54. The minimum atomic E-state index is -3.66. The lowest BCUT2D eigenvalue weighted by atomic mass is 10.1. The van der Waals surface area contributed by atoms with E-state index in [0.717, 1.165) is 27.4 Å². The number of aryl methyl sites for hydroxylation is 2. The van der Waals surface area contributed by atoms with Crippen LogP contribution in [0.2, 0.25) is 5.02 Å². The Labute approximate surface area is 171 Å². The summed E-state index contributed by atoms with van der Waals surface area (Å²) in [5, 5.41) is 3.21. The number of carbonyl (C=O) groups excluding carboxylic acids is 1. The number of anilines is 1. The number of nitrogens with zero attached hydrogens (tertiary/aromatic N) is 1. The first-order valence-electron chi connectivity index (χ1n) is 8.82. The van der Waals surface area contributed by atoms with Gasteiger partial charge in [0.25, 0.3) is 0 Å². The highest BCUT2D eigenvalue weighted by Crippen LogP contribution is 2.23. The molecule has 2 rings (SSSR count). The molecule has 0 aliphatic heterocycles. The van der Waals surface area contributed by atoms with Gasteiger partial charge in [0, 0.05) is 5.02 Å². The average molecular weight is 425 g/mol. The molecule has 152 valence electrons. The van der Waals surface area contributed by atoms with Gasteiger partial charge in [0.1, 0.15) is 18.4 Å². The van der Waals surface area contributed by atoms with Crippen LogP contribution in [-0.2, 0) is 14.8 Å². The van der Waals surface area contributed by atoms with Gasteiger partial charge in [-0.2, -0.15) is 0 Å². The van der Waals surface area contributed by atoms with E-state index in [-0.39, 0.29) is 13.2 Å². The van der Waals surface area contributed by atoms with Crippen LogP contribution in [0.25, 0.3) is 0 Å². The van der Waals surface area contributed by atoms with Crippen LogP contribution >= 0.6 is 11.6 Å². The highest BCUT2D eigenvalue weighted by atomic mass is 35.5. The third-order valence-corrected chi connectivity index (χ3v) is 5.65. The molecular formula is C20H25ClN2O4S. The zero-order valence-corrected chi connectivity index (χ0v) is 18.0. The average Bonchev–Trinajstić information content (AvgIpc) is 2.60. The molecule has 0 unspecified atom stereocenters. The highest BCUT2D eigenvalue weighted by molar-refractivity contribution is 7.92. The minimum absolute atomic E-state index is 0.259. The molecule has 0 aromatic heterocycles. The standard InChI is InChI=1S/C20H25ClN2O4S/c1-14-5-10-19(15(2)13-14)27-12-11-22-20(24)16(3)23(28(4,25)26)18-8-6-17(21)7-9-18/h5-10,13,16H,11-12H2,1-4H3,(H,22,24)/t16-/m1/s1. The molecule has 1 N–H and O–H groups in total. The molecule has 6 nitrogen and oxygen atoms in total. The molecule has 28 heavy (non-hydrogen) atoms. The molecule has 0 aliphatic rings. The number of benzene rings is 2. The van der Waals surface area contributed by atoms with Crippen LogP contribution in [0.3, 0.4) is 0 Å². The van der Waals surface area contributed by atoms with E-state index in [0.29, 0.717) is 10.7 Å². The Hall–Kier alpha value is -2.25. The van der Waals surface area contributed by atoms with E-state index in [4.69, 9.17) is 16.3 Å². The van der Waals surface area contributed by atoms with E-state index < -0.39 is 22.0 Å². The summed E-state index contributed by atoms with van der Waals surface area (Å²) in [5.74, 6) is 0.344. The van der Waals surface area contributed by atoms with Crippen LogP contribution in [0, 0.1) is 13.8 Å². The smallest absolute Gasteiger partial charge is 0.243 e. The summed E-state index contributed by atoms with van der Waals surface area (Å²) >= 11 is 5.87. The summed E-state index contributed by atoms with van der Waals surface area (Å²) in [4.78, 5) is 12.5. The van der Waals surface area contributed by atoms with E-state index in [1.165, 1.54) is 6.92 Å². The van der Waals surface area contributed by atoms with Crippen LogP contribution in [0.15, 0.2) is 42.5 Å². The molecule has 0 spiro atoms. The van der Waals surface area contributed by atoms with Crippen LogP contribution in [-0.4, -0.2) is 39.8 Å². The van der Waals surface area contributed by atoms with Crippen molar-refractivity contribution < 1.29 is 17.9 Å². The van der Waals surface area contributed by atoms with Crippen molar-refractivity contribution in [1.82, 2.24) is 5.32 Å². The second-order valence-electron chi connectivity index (χ2n) is 6.62. The normalized spacial score (nSPS) is 12.3. The molecule has 0 fully saturated rings. The van der Waals surface area contributed by atoms with Crippen molar-refractivity contribution in [2.75, 3.05) is 23.7 Å². The molecular weight excluding hydrogens is 400 g/mol. The molecule has 2 aromatic rings. The lowest BCUT2D eigenvalue weighted by Gasteiger charge is -2.28. The molecule has 0 saturated carbocycles. The van der Waals surface area contributed by atoms with Crippen LogP contribution < -0.4 is 14.4 Å². The third-order valence-electron chi connectivity index (χ3n) is 4.16. The minimum Gasteiger partial charge on any atom is -0.491 e. The highest BCUT2D eigenvalue weighted by Gasteiger charge is 2.28. The largest absolute Gasteiger partial charge is 0.491 e. The van der Waals surface area contributed by atoms with Crippen LogP contribution in [0.5, 0.6) is 5.75 Å². The first-order chi connectivity index (χ1) is 13.1. The molecule has 0 saturated heterocycles. The van der Waals surface area contributed by atoms with Crippen molar-refractivity contribution in [2.24, 2.45) is 0 Å². The van der Waals surface area contributed by atoms with Gasteiger partial charge in [0.2, 0.25) is 15.9 Å². The number of hydrogen-bond acceptors (Lipinski definition) is 4. The monoisotopic (exact) mass is 424 g/mol. The first-order valence-corrected chi connectivity index (χ1v) is 11.0. The van der Waals surface area contributed by atoms with E-state index >= 15 is 0 Å². The van der Waals surface area contributed by atoms with Crippen molar-refractivity contribution >= 4 is 33.2 Å². The van der Waals surface area contributed by atoms with E-state index in [2.05, 4.69) is 5.32 Å². The number of amides is 1. The molecule has 0 heterocycles. The van der Waals surface area contributed by atoms with Gasteiger partial charge in [-0.1, -0.05) is 29.3 Å². The van der Waals surface area contributed by atoms with E-state index in [9.17, 15) is 13.2 Å². The number of sulfonamides is 1. The van der Waals surface area contributed by atoms with Crippen LogP contribution in [0.1, 0.15) is 18.1 Å². The van der Waals surface area contributed by atoms with Crippen molar-refractivity contribution in [3.8, 4) is 5.75 Å². The molecule has 8 heteroatoms. The molecule has 1 amide bonds. The number of hydrogen-bond donors (Lipinski definition) is 1. The van der Waals surface area contributed by atoms with Crippen molar-refractivity contribution in [1.29, 1.82) is 0 Å². The Morgan fingerprint density at radius 2 is 1.82 bits per heavy atom. The summed E-state index contributed by atoms with van der Waals surface area (Å²) in [6, 6.07) is 11.2. The van der Waals surface area contributed by atoms with E-state index in [1.54, 1.807) is 24.3 Å². The number of rotatable bonds is 8. The lowest BCUT2D eigenvalue weighted by molar-refractivity contribution is -0.121. The lowest BCUT2D eigenvalue weighted by Crippen LogP contribution is -2.48. The Morgan fingerprint density at radius 1 is 1.18 bits per heavy atom. The predicted octanol–water partition coefficient (Wildman–Crippen LogP) is 3.31. The van der Waals surface area contributed by atoms with Gasteiger partial charge < -0.3 is 10.1 Å². The SMILES string of the molecule is Cc1ccc(OCCNC(=O)[C@@H](C)N(c2ccc(Cl)cc2)S(C)(=O)=O)c(C)c1. The van der Waals surface area contributed by atoms with Crippen molar-refractivity contribution in [3.05, 3.63) is 58.6 Å². The van der Waals surface area contributed by atoms with Gasteiger partial charge in [0.05, 0.1) is 18.5 Å². The Bertz CT molecular complexity index is 930. The fourth-order valence-corrected chi connectivity index (χ4v) is 4.14. The van der Waals surface area contributed by atoms with Crippen molar-refractivity contribution in [2.45, 2.75) is 26.8 Å². The number of halogens is 1. The fourth-order valence-electron chi connectivity index (χ4n) is 2.84. The molecule has 1 atom stereocenters. The number of nitrogens with one attached hydrogen (secondary N) is 1. The quantitative estimate of drug-likeness (QED) is 0.659. The zero-order chi connectivity index (χ0) is 20.9. The maximum Gasteiger partial charge on any atom is 0.243 e. The number of carbonyl (C=O) groups is 1. The summed E-state index contributed by atoms with van der Waals surface area (Å²) in [6.07, 6.45) is 1.06.